The molecule has 0 bridgehead atoms. The van der Waals surface area contributed by atoms with E-state index < -0.39 is 0 Å². The van der Waals surface area contributed by atoms with Gasteiger partial charge >= 0.3 is 0 Å². The third-order valence-electron chi connectivity index (χ3n) is 4.14. The summed E-state index contributed by atoms with van der Waals surface area (Å²) in [5.74, 6) is 2.25. The molecule has 1 saturated heterocycles. The van der Waals surface area contributed by atoms with Crippen molar-refractivity contribution in [3.63, 3.8) is 0 Å². The van der Waals surface area contributed by atoms with E-state index in [0.717, 1.165) is 29.4 Å². The second kappa shape index (κ2) is 9.48. The Kier molecular flexibility index (Phi) is 7.63. The Balaban J connectivity index is 1.74. The molecule has 128 valence electrons. The van der Waals surface area contributed by atoms with Gasteiger partial charge in [0.2, 0.25) is 5.91 Å². The van der Waals surface area contributed by atoms with Gasteiger partial charge < -0.3 is 10.1 Å². The molecular weight excluding hydrogens is 326 g/mol. The monoisotopic (exact) mass is 353 g/mol. The maximum Gasteiger partial charge on any atom is 0.220 e. The van der Waals surface area contributed by atoms with Gasteiger partial charge in [0.25, 0.3) is 0 Å². The number of ether oxygens (including phenoxy) is 1. The van der Waals surface area contributed by atoms with Crippen LogP contribution in [0.2, 0.25) is 0 Å². The number of aryl methyl sites for hydroxylation is 1. The van der Waals surface area contributed by atoms with Crippen LogP contribution in [0.5, 0.6) is 5.75 Å². The average Bonchev–Trinajstić information content (AvgIpc) is 3.05. The van der Waals surface area contributed by atoms with Crippen LogP contribution in [0.15, 0.2) is 18.2 Å². The van der Waals surface area contributed by atoms with Crippen LogP contribution in [-0.4, -0.2) is 24.0 Å². The SMILES string of the molecule is COc1ccc(C)cc1C(C)NC(=O)CCCCC1CCSS1. The molecule has 0 aromatic heterocycles. The van der Waals surface area contributed by atoms with Crippen molar-refractivity contribution in [2.45, 2.75) is 57.2 Å². The number of carbonyl (C=O) groups is 1. The molecule has 1 fully saturated rings. The van der Waals surface area contributed by atoms with Crippen molar-refractivity contribution in [2.75, 3.05) is 12.9 Å². The van der Waals surface area contributed by atoms with E-state index in [2.05, 4.69) is 18.3 Å². The van der Waals surface area contributed by atoms with Gasteiger partial charge in [-0.05, 0) is 39.2 Å². The molecule has 1 aliphatic heterocycles. The second-order valence-corrected chi connectivity index (χ2v) is 8.90. The molecule has 1 aromatic carbocycles. The van der Waals surface area contributed by atoms with Crippen molar-refractivity contribution >= 4 is 27.5 Å². The summed E-state index contributed by atoms with van der Waals surface area (Å²) in [6.07, 6.45) is 5.31. The van der Waals surface area contributed by atoms with E-state index >= 15 is 0 Å². The Hall–Kier alpha value is -0.810. The second-order valence-electron chi connectivity index (χ2n) is 6.11. The lowest BCUT2D eigenvalue weighted by Gasteiger charge is -2.18. The quantitative estimate of drug-likeness (QED) is 0.533. The normalized spacial score (nSPS) is 18.7. The maximum atomic E-state index is 12.1. The predicted molar refractivity (Wildman–Crippen MR) is 101 cm³/mol. The average molecular weight is 354 g/mol. The number of hydrogen-bond acceptors (Lipinski definition) is 4. The Morgan fingerprint density at radius 2 is 2.26 bits per heavy atom. The number of amides is 1. The van der Waals surface area contributed by atoms with Crippen LogP contribution >= 0.6 is 21.6 Å². The summed E-state index contributed by atoms with van der Waals surface area (Å²) < 4.78 is 5.40. The maximum absolute atomic E-state index is 12.1. The first-order valence-corrected chi connectivity index (χ1v) is 10.7. The lowest BCUT2D eigenvalue weighted by molar-refractivity contribution is -0.121. The molecule has 0 saturated carbocycles. The van der Waals surface area contributed by atoms with Gasteiger partial charge in [0, 0.05) is 23.0 Å². The fourth-order valence-electron chi connectivity index (χ4n) is 2.81. The standard InChI is InChI=1S/C18H27NO2S2/c1-13-8-9-17(21-3)16(12-13)14(2)19-18(20)7-5-4-6-15-10-11-22-23-15/h8-9,12,14-15H,4-7,10-11H2,1-3H3,(H,19,20). The van der Waals surface area contributed by atoms with Crippen LogP contribution in [-0.2, 0) is 4.79 Å². The van der Waals surface area contributed by atoms with E-state index in [1.165, 1.54) is 24.2 Å². The Morgan fingerprint density at radius 1 is 1.43 bits per heavy atom. The largest absolute Gasteiger partial charge is 0.496 e. The van der Waals surface area contributed by atoms with Crippen LogP contribution in [0, 0.1) is 6.92 Å². The highest BCUT2D eigenvalue weighted by Gasteiger charge is 2.17. The number of methoxy groups -OCH3 is 1. The first kappa shape index (κ1) is 18.5. The molecule has 1 heterocycles. The lowest BCUT2D eigenvalue weighted by Crippen LogP contribution is -2.26. The first-order chi connectivity index (χ1) is 11.1. The number of rotatable bonds is 8. The zero-order valence-corrected chi connectivity index (χ0v) is 15.9. The molecule has 5 heteroatoms. The number of nitrogens with one attached hydrogen (secondary N) is 1. The number of carbonyl (C=O) groups excluding carboxylic acids is 1. The van der Waals surface area contributed by atoms with Crippen molar-refractivity contribution in [1.82, 2.24) is 5.32 Å². The van der Waals surface area contributed by atoms with Crippen molar-refractivity contribution in [2.24, 2.45) is 0 Å². The molecule has 2 rings (SSSR count). The van der Waals surface area contributed by atoms with Gasteiger partial charge in [0.1, 0.15) is 5.75 Å². The van der Waals surface area contributed by atoms with Gasteiger partial charge in [-0.15, -0.1) is 0 Å². The summed E-state index contributed by atoms with van der Waals surface area (Å²) >= 11 is 0. The van der Waals surface area contributed by atoms with E-state index in [-0.39, 0.29) is 11.9 Å². The molecular formula is C18H27NO2S2. The van der Waals surface area contributed by atoms with Crippen molar-refractivity contribution < 1.29 is 9.53 Å². The molecule has 0 radical (unpaired) electrons. The summed E-state index contributed by atoms with van der Waals surface area (Å²) in [5.41, 5.74) is 2.22. The minimum Gasteiger partial charge on any atom is -0.496 e. The van der Waals surface area contributed by atoms with Gasteiger partial charge in [-0.25, -0.2) is 0 Å². The van der Waals surface area contributed by atoms with Gasteiger partial charge in [-0.1, -0.05) is 45.7 Å². The zero-order valence-electron chi connectivity index (χ0n) is 14.3. The molecule has 3 nitrogen and oxygen atoms in total. The van der Waals surface area contributed by atoms with Crippen LogP contribution in [0.25, 0.3) is 0 Å². The molecule has 1 N–H and O–H groups in total. The van der Waals surface area contributed by atoms with Gasteiger partial charge in [-0.2, -0.15) is 0 Å². The van der Waals surface area contributed by atoms with E-state index in [1.54, 1.807) is 7.11 Å². The van der Waals surface area contributed by atoms with Gasteiger partial charge in [0.05, 0.1) is 13.2 Å². The van der Waals surface area contributed by atoms with E-state index in [0.29, 0.717) is 6.42 Å². The minimum absolute atomic E-state index is 0.0286. The number of benzene rings is 1. The summed E-state index contributed by atoms with van der Waals surface area (Å²) in [4.78, 5) is 12.1. The first-order valence-electron chi connectivity index (χ1n) is 8.32. The predicted octanol–water partition coefficient (Wildman–Crippen LogP) is 4.89. The molecule has 2 unspecified atom stereocenters. The van der Waals surface area contributed by atoms with Crippen LogP contribution in [0.3, 0.4) is 0 Å². The lowest BCUT2D eigenvalue weighted by atomic mass is 10.0. The van der Waals surface area contributed by atoms with Crippen LogP contribution in [0.1, 0.15) is 56.2 Å². The van der Waals surface area contributed by atoms with Crippen molar-refractivity contribution in [3.8, 4) is 5.75 Å². The summed E-state index contributed by atoms with van der Waals surface area (Å²) in [6, 6.07) is 6.04. The van der Waals surface area contributed by atoms with Crippen LogP contribution < -0.4 is 10.1 Å². The third kappa shape index (κ3) is 5.96. The Morgan fingerprint density at radius 3 is 2.96 bits per heavy atom. The van der Waals surface area contributed by atoms with E-state index in [9.17, 15) is 4.79 Å². The minimum atomic E-state index is -0.0286. The van der Waals surface area contributed by atoms with E-state index in [4.69, 9.17) is 4.74 Å². The molecule has 0 aliphatic carbocycles. The summed E-state index contributed by atoms with van der Waals surface area (Å²) in [7, 11) is 5.67. The summed E-state index contributed by atoms with van der Waals surface area (Å²) in [6.45, 7) is 4.07. The molecule has 1 amide bonds. The Labute approximate surface area is 147 Å². The fraction of sp³-hybridized carbons (Fsp3) is 0.611. The summed E-state index contributed by atoms with van der Waals surface area (Å²) in [5, 5.41) is 3.90. The van der Waals surface area contributed by atoms with Gasteiger partial charge in [0.15, 0.2) is 0 Å². The third-order valence-corrected chi connectivity index (χ3v) is 7.14. The van der Waals surface area contributed by atoms with Crippen LogP contribution in [0.4, 0.5) is 0 Å². The highest BCUT2D eigenvalue weighted by atomic mass is 33.1. The van der Waals surface area contributed by atoms with E-state index in [1.807, 2.05) is 40.6 Å². The molecule has 1 aromatic rings. The highest BCUT2D eigenvalue weighted by molar-refractivity contribution is 8.77. The molecule has 0 spiro atoms. The zero-order chi connectivity index (χ0) is 16.7. The smallest absolute Gasteiger partial charge is 0.220 e. The highest BCUT2D eigenvalue weighted by Crippen LogP contribution is 2.39. The molecule has 2 atom stereocenters. The number of hydrogen-bond donors (Lipinski definition) is 1. The van der Waals surface area contributed by atoms with Crippen molar-refractivity contribution in [3.05, 3.63) is 29.3 Å². The van der Waals surface area contributed by atoms with Crippen molar-refractivity contribution in [1.29, 1.82) is 0 Å². The van der Waals surface area contributed by atoms with Gasteiger partial charge in [-0.3, -0.25) is 4.79 Å². The molecule has 23 heavy (non-hydrogen) atoms. The number of unbranched alkanes of at least 4 members (excludes halogenated alkanes) is 1. The topological polar surface area (TPSA) is 38.3 Å². The molecule has 1 aliphatic rings. The Bertz CT molecular complexity index is 516. The fourth-order valence-corrected chi connectivity index (χ4v) is 5.83.